The number of para-hydroxylation sites is 3. The molecule has 294 valence electrons. The van der Waals surface area contributed by atoms with E-state index < -0.39 is 5.41 Å². The van der Waals surface area contributed by atoms with E-state index in [4.69, 9.17) is 13.8 Å². The number of rotatable bonds is 3. The first kappa shape index (κ1) is 34.5. The largest absolute Gasteiger partial charge is 0.456 e. The minimum Gasteiger partial charge on any atom is -0.456 e. The molecular formula is C59H36N2O2. The molecule has 0 fully saturated rings. The van der Waals surface area contributed by atoms with E-state index in [0.29, 0.717) is 0 Å². The van der Waals surface area contributed by atoms with Gasteiger partial charge in [-0.1, -0.05) is 152 Å². The van der Waals surface area contributed by atoms with E-state index in [2.05, 4.69) is 176 Å². The first-order chi connectivity index (χ1) is 31.2. The van der Waals surface area contributed by atoms with Gasteiger partial charge in [-0.2, -0.15) is 0 Å². The molecule has 2 aliphatic carbocycles. The number of nitrogens with zero attached hydrogens (tertiary/aromatic N) is 2. The first-order valence-electron chi connectivity index (χ1n) is 21.6. The maximum absolute atomic E-state index is 6.79. The van der Waals surface area contributed by atoms with Crippen molar-refractivity contribution in [3.05, 3.63) is 222 Å². The van der Waals surface area contributed by atoms with Crippen LogP contribution in [-0.2, 0) is 5.41 Å². The van der Waals surface area contributed by atoms with Crippen molar-refractivity contribution in [1.82, 2.24) is 9.55 Å². The fourth-order valence-corrected chi connectivity index (χ4v) is 11.6. The quantitative estimate of drug-likeness (QED) is 0.167. The summed E-state index contributed by atoms with van der Waals surface area (Å²) in [5, 5.41) is 8.83. The molecule has 63 heavy (non-hydrogen) atoms. The zero-order valence-electron chi connectivity index (χ0n) is 34.3. The molecule has 0 radical (unpaired) electrons. The van der Waals surface area contributed by atoms with Gasteiger partial charge < -0.3 is 8.83 Å². The fourth-order valence-electron chi connectivity index (χ4n) is 11.6. The zero-order valence-corrected chi connectivity index (χ0v) is 34.3. The van der Waals surface area contributed by atoms with Crippen LogP contribution in [0.15, 0.2) is 209 Å². The lowest BCUT2D eigenvalue weighted by molar-refractivity contribution is 0.645. The average Bonchev–Trinajstić information content (AvgIpc) is 4.11. The van der Waals surface area contributed by atoms with Gasteiger partial charge in [0, 0.05) is 49.0 Å². The van der Waals surface area contributed by atoms with E-state index in [9.17, 15) is 0 Å². The monoisotopic (exact) mass is 804 g/mol. The van der Waals surface area contributed by atoms with E-state index in [1.54, 1.807) is 0 Å². The molecule has 14 rings (SSSR count). The van der Waals surface area contributed by atoms with E-state index >= 15 is 0 Å². The molecule has 4 nitrogen and oxygen atoms in total. The maximum Gasteiger partial charge on any atom is 0.213 e. The predicted molar refractivity (Wildman–Crippen MR) is 260 cm³/mol. The van der Waals surface area contributed by atoms with Crippen molar-refractivity contribution in [2.24, 2.45) is 0 Å². The summed E-state index contributed by atoms with van der Waals surface area (Å²) in [4.78, 5) is 5.52. The van der Waals surface area contributed by atoms with Crippen molar-refractivity contribution in [2.75, 3.05) is 0 Å². The summed E-state index contributed by atoms with van der Waals surface area (Å²) in [6, 6.07) is 61.1. The minimum atomic E-state index is -0.482. The van der Waals surface area contributed by atoms with Crippen LogP contribution in [0.25, 0.3) is 110 Å². The summed E-state index contributed by atoms with van der Waals surface area (Å²) in [7, 11) is 0. The molecule has 12 aromatic rings. The Morgan fingerprint density at radius 3 is 2.03 bits per heavy atom. The van der Waals surface area contributed by atoms with Crippen LogP contribution in [0.3, 0.4) is 0 Å². The van der Waals surface area contributed by atoms with Gasteiger partial charge >= 0.3 is 0 Å². The molecule has 0 saturated carbocycles. The molecule has 8 aromatic carbocycles. The summed E-state index contributed by atoms with van der Waals surface area (Å²) >= 11 is 0. The van der Waals surface area contributed by atoms with Gasteiger partial charge in [0.15, 0.2) is 0 Å². The minimum absolute atomic E-state index is 0.482. The van der Waals surface area contributed by atoms with Crippen LogP contribution in [-0.4, -0.2) is 9.55 Å². The highest BCUT2D eigenvalue weighted by atomic mass is 16.3. The van der Waals surface area contributed by atoms with Crippen molar-refractivity contribution in [3.63, 3.8) is 0 Å². The molecular weight excluding hydrogens is 769 g/mol. The average molecular weight is 805 g/mol. The lowest BCUT2D eigenvalue weighted by Crippen LogP contribution is -2.25. The molecule has 0 aliphatic heterocycles. The molecule has 0 bridgehead atoms. The number of hydrogen-bond acceptors (Lipinski definition) is 3. The van der Waals surface area contributed by atoms with E-state index in [1.807, 2.05) is 30.3 Å². The summed E-state index contributed by atoms with van der Waals surface area (Å²) in [5.41, 5.74) is 18.1. The van der Waals surface area contributed by atoms with Gasteiger partial charge in [-0.25, -0.2) is 4.98 Å². The number of allylic oxidation sites excluding steroid dienone is 5. The predicted octanol–water partition coefficient (Wildman–Crippen LogP) is 15.6. The van der Waals surface area contributed by atoms with Crippen molar-refractivity contribution in [1.29, 1.82) is 0 Å². The SMILES string of the molecule is C=CC=C1/C(=C\C)C2(c3ccccc3-c3ccccc32)c2ccc3c(-c4cccc(-n5c6cc7c(cc6c6c8ccccc8oc65)oc5ccccc57)c4)nc4ccccc4c3c21. The molecule has 0 atom stereocenters. The Bertz CT molecular complexity index is 4030. The number of benzene rings is 8. The third-order valence-corrected chi connectivity index (χ3v) is 13.9. The number of hydrogen-bond donors (Lipinski definition) is 0. The molecule has 4 heterocycles. The second kappa shape index (κ2) is 12.4. The molecule has 2 aliphatic rings. The maximum atomic E-state index is 6.79. The highest BCUT2D eigenvalue weighted by Crippen LogP contribution is 2.65. The van der Waals surface area contributed by atoms with E-state index in [0.717, 1.165) is 88.1 Å². The second-order valence-corrected chi connectivity index (χ2v) is 16.9. The van der Waals surface area contributed by atoms with Gasteiger partial charge in [0.1, 0.15) is 16.7 Å². The highest BCUT2D eigenvalue weighted by Gasteiger charge is 2.53. The van der Waals surface area contributed by atoms with Gasteiger partial charge in [0.2, 0.25) is 5.71 Å². The second-order valence-electron chi connectivity index (χ2n) is 16.9. The smallest absolute Gasteiger partial charge is 0.213 e. The Morgan fingerprint density at radius 2 is 1.25 bits per heavy atom. The topological polar surface area (TPSA) is 44.1 Å². The Kier molecular flexibility index (Phi) is 6.81. The van der Waals surface area contributed by atoms with E-state index in [-0.39, 0.29) is 0 Å². The number of pyridine rings is 1. The van der Waals surface area contributed by atoms with Crippen molar-refractivity contribution < 1.29 is 8.83 Å². The Labute approximate surface area is 361 Å². The van der Waals surface area contributed by atoms with Gasteiger partial charge in [0.05, 0.1) is 27.5 Å². The molecule has 0 saturated heterocycles. The van der Waals surface area contributed by atoms with Crippen molar-refractivity contribution in [2.45, 2.75) is 12.3 Å². The van der Waals surface area contributed by atoms with Crippen LogP contribution in [0.1, 0.15) is 29.2 Å². The summed E-state index contributed by atoms with van der Waals surface area (Å²) < 4.78 is 15.5. The molecule has 4 heteroatoms. The summed E-state index contributed by atoms with van der Waals surface area (Å²) in [6.07, 6.45) is 6.49. The number of fused-ring (bicyclic) bond motifs is 19. The molecule has 0 amide bonds. The van der Waals surface area contributed by atoms with Gasteiger partial charge in [0.25, 0.3) is 0 Å². The Hall–Kier alpha value is -8.21. The third-order valence-electron chi connectivity index (χ3n) is 13.9. The van der Waals surface area contributed by atoms with Crippen LogP contribution in [0, 0.1) is 0 Å². The van der Waals surface area contributed by atoms with Crippen LogP contribution in [0.4, 0.5) is 0 Å². The van der Waals surface area contributed by atoms with Gasteiger partial charge in [-0.3, -0.25) is 4.57 Å². The standard InChI is InChI=1S/C59H36N2O2/c1-3-16-39-45(4-2)59(46-24-10-5-19-36(46)37-20-6-11-25-47(37)59)48-30-29-42-54(56(39)48)40-22-7-12-26-49(40)60-57(42)34-17-15-18-35(31-34)61-50-32-43-38-21-8-13-27-51(38)62-53(43)33-44(50)55-41-23-9-14-28-52(41)63-58(55)61/h3-33H,1H2,2H3/b39-16?,45-4+. The normalized spacial score (nSPS) is 15.3. The van der Waals surface area contributed by atoms with Gasteiger partial charge in [-0.05, 0) is 93.9 Å². The molecule has 4 aromatic heterocycles. The Morgan fingerprint density at radius 1 is 0.556 bits per heavy atom. The summed E-state index contributed by atoms with van der Waals surface area (Å²) in [5.74, 6) is 0. The van der Waals surface area contributed by atoms with Crippen LogP contribution >= 0.6 is 0 Å². The third kappa shape index (κ3) is 4.32. The fraction of sp³-hybridized carbons (Fsp3) is 0.0339. The van der Waals surface area contributed by atoms with Gasteiger partial charge in [-0.15, -0.1) is 0 Å². The number of furan rings is 2. The van der Waals surface area contributed by atoms with E-state index in [1.165, 1.54) is 49.9 Å². The Balaban J connectivity index is 1.07. The van der Waals surface area contributed by atoms with Crippen LogP contribution in [0.2, 0.25) is 0 Å². The first-order valence-corrected chi connectivity index (χ1v) is 21.6. The molecule has 1 spiro atoms. The van der Waals surface area contributed by atoms with Crippen LogP contribution < -0.4 is 0 Å². The lowest BCUT2D eigenvalue weighted by Gasteiger charge is -2.31. The molecule has 0 N–H and O–H groups in total. The highest BCUT2D eigenvalue weighted by molar-refractivity contribution is 6.24. The van der Waals surface area contributed by atoms with Crippen molar-refractivity contribution in [3.8, 4) is 28.1 Å². The lowest BCUT2D eigenvalue weighted by atomic mass is 9.70. The summed E-state index contributed by atoms with van der Waals surface area (Å²) in [6.45, 7) is 6.45. The molecule has 0 unspecified atom stereocenters. The zero-order chi connectivity index (χ0) is 41.6. The number of aromatic nitrogens is 2. The van der Waals surface area contributed by atoms with Crippen molar-refractivity contribution >= 4 is 82.2 Å². The van der Waals surface area contributed by atoms with Crippen LogP contribution in [0.5, 0.6) is 0 Å².